The van der Waals surface area contributed by atoms with E-state index in [1.807, 2.05) is 0 Å². The third-order valence-electron chi connectivity index (χ3n) is 8.80. The summed E-state index contributed by atoms with van der Waals surface area (Å²) in [6, 6.07) is 13.1. The highest BCUT2D eigenvalue weighted by Crippen LogP contribution is 2.45. The van der Waals surface area contributed by atoms with Crippen LogP contribution in [0.15, 0.2) is 76.0 Å². The highest BCUT2D eigenvalue weighted by Gasteiger charge is 2.43. The first-order chi connectivity index (χ1) is 25.4. The van der Waals surface area contributed by atoms with Crippen LogP contribution in [0.4, 0.5) is 4.79 Å². The van der Waals surface area contributed by atoms with Gasteiger partial charge in [-0.1, -0.05) is 47.5 Å². The van der Waals surface area contributed by atoms with Crippen molar-refractivity contribution in [2.45, 2.75) is 81.9 Å². The van der Waals surface area contributed by atoms with Crippen LogP contribution in [0.3, 0.4) is 0 Å². The Bertz CT molecular complexity index is 1850. The van der Waals surface area contributed by atoms with Crippen molar-refractivity contribution in [2.75, 3.05) is 33.1 Å². The Morgan fingerprint density at radius 1 is 0.852 bits per heavy atom. The number of rotatable bonds is 11. The number of halogens is 2. The zero-order valence-corrected chi connectivity index (χ0v) is 33.6. The van der Waals surface area contributed by atoms with Crippen LogP contribution in [0.2, 0.25) is 10.0 Å². The lowest BCUT2D eigenvalue weighted by molar-refractivity contribution is -0.137. The van der Waals surface area contributed by atoms with Crippen LogP contribution in [0.5, 0.6) is 0 Å². The molecule has 0 radical (unpaired) electrons. The molecular weight excluding hydrogens is 759 g/mol. The normalized spacial score (nSPS) is 17.3. The van der Waals surface area contributed by atoms with Crippen molar-refractivity contribution < 1.29 is 42.4 Å². The van der Waals surface area contributed by atoms with Gasteiger partial charge in [-0.3, -0.25) is 13.8 Å². The molecule has 13 nitrogen and oxygen atoms in total. The van der Waals surface area contributed by atoms with Gasteiger partial charge in [0.05, 0.1) is 54.3 Å². The molecule has 2 aliphatic rings. The first-order valence-electron chi connectivity index (χ1n) is 17.2. The number of methoxy groups -OCH3 is 2. The summed E-state index contributed by atoms with van der Waals surface area (Å²) in [5, 5.41) is 8.94. The lowest BCUT2D eigenvalue weighted by atomic mass is 9.79. The lowest BCUT2D eigenvalue weighted by Gasteiger charge is -2.36. The van der Waals surface area contributed by atoms with E-state index in [0.717, 1.165) is 0 Å². The maximum atomic E-state index is 14.0. The number of carbonyl (C=O) groups is 5. The summed E-state index contributed by atoms with van der Waals surface area (Å²) in [5.41, 5.74) is -1.67. The molecule has 3 amide bonds. The standard InChI is InChI=1S/C38H46Cl2N4O9S/c1-37(2,3)53-36(49)43-38(4,5)35(48)41-22-16-18-44(19-17-22)28(45)20-26-30(33(46)51-6)32(29-24(39)14-11-15-25(29)40)31(34(47)52-7)27(42-26)21-54(50)23-12-9-8-10-13-23/h8-15,22,32,42H,16-21H2,1-7H3,(H,41,48)(H,43,49)/t32-,54-/m0/s1. The fraction of sp³-hybridized carbons (Fsp3) is 0.447. The largest absolute Gasteiger partial charge is 0.466 e. The van der Waals surface area contributed by atoms with Crippen molar-refractivity contribution in [3.8, 4) is 0 Å². The number of dihydropyridines is 1. The van der Waals surface area contributed by atoms with Crippen molar-refractivity contribution in [3.05, 3.63) is 86.7 Å². The molecule has 16 heteroatoms. The first-order valence-corrected chi connectivity index (χ1v) is 19.3. The molecule has 2 aromatic carbocycles. The smallest absolute Gasteiger partial charge is 0.408 e. The molecule has 0 saturated carbocycles. The van der Waals surface area contributed by atoms with E-state index < -0.39 is 51.8 Å². The van der Waals surface area contributed by atoms with Crippen molar-refractivity contribution >= 4 is 63.8 Å². The molecule has 1 fully saturated rings. The van der Waals surface area contributed by atoms with Gasteiger partial charge < -0.3 is 35.1 Å². The van der Waals surface area contributed by atoms with Gasteiger partial charge in [0, 0.05) is 51.0 Å². The fourth-order valence-electron chi connectivity index (χ4n) is 6.14. The van der Waals surface area contributed by atoms with Crippen molar-refractivity contribution in [3.63, 3.8) is 0 Å². The lowest BCUT2D eigenvalue weighted by Crippen LogP contribution is -2.58. The molecule has 2 aliphatic heterocycles. The monoisotopic (exact) mass is 804 g/mol. The number of piperidine rings is 1. The average Bonchev–Trinajstić information content (AvgIpc) is 3.10. The molecule has 2 aromatic rings. The van der Waals surface area contributed by atoms with Crippen LogP contribution in [0.25, 0.3) is 0 Å². The topological polar surface area (TPSA) is 169 Å². The summed E-state index contributed by atoms with van der Waals surface area (Å²) >= 11 is 13.4. The van der Waals surface area contributed by atoms with Crippen LogP contribution in [-0.2, 0) is 44.2 Å². The van der Waals surface area contributed by atoms with Gasteiger partial charge in [0.2, 0.25) is 11.8 Å². The van der Waals surface area contributed by atoms with E-state index in [2.05, 4.69) is 16.0 Å². The number of nitrogens with one attached hydrogen (secondary N) is 3. The molecule has 292 valence electrons. The van der Waals surface area contributed by atoms with E-state index in [9.17, 15) is 28.2 Å². The molecule has 1 saturated heterocycles. The van der Waals surface area contributed by atoms with Crippen molar-refractivity contribution in [1.29, 1.82) is 0 Å². The molecule has 0 aliphatic carbocycles. The maximum Gasteiger partial charge on any atom is 0.408 e. The summed E-state index contributed by atoms with van der Waals surface area (Å²) < 4.78 is 29.3. The van der Waals surface area contributed by atoms with E-state index in [1.165, 1.54) is 14.2 Å². The molecule has 3 N–H and O–H groups in total. The highest BCUT2D eigenvalue weighted by molar-refractivity contribution is 7.85. The Hall–Kier alpha value is -4.40. The van der Waals surface area contributed by atoms with Gasteiger partial charge in [0.25, 0.3) is 0 Å². The number of ether oxygens (including phenoxy) is 3. The highest BCUT2D eigenvalue weighted by atomic mass is 35.5. The van der Waals surface area contributed by atoms with E-state index >= 15 is 0 Å². The quantitative estimate of drug-likeness (QED) is 0.204. The average molecular weight is 806 g/mol. The third-order valence-corrected chi connectivity index (χ3v) is 10.8. The number of nitrogens with zero attached hydrogens (tertiary/aromatic N) is 1. The predicted molar refractivity (Wildman–Crippen MR) is 204 cm³/mol. The summed E-state index contributed by atoms with van der Waals surface area (Å²) in [5.74, 6) is -3.90. The van der Waals surface area contributed by atoms with Crippen molar-refractivity contribution in [1.82, 2.24) is 20.9 Å². The number of benzene rings is 2. The molecule has 0 aromatic heterocycles. The Morgan fingerprint density at radius 3 is 1.94 bits per heavy atom. The second kappa shape index (κ2) is 17.8. The summed E-state index contributed by atoms with van der Waals surface area (Å²) in [4.78, 5) is 68.8. The Morgan fingerprint density at radius 2 is 1.41 bits per heavy atom. The molecule has 0 unspecified atom stereocenters. The maximum absolute atomic E-state index is 14.0. The van der Waals surface area contributed by atoms with Gasteiger partial charge in [-0.2, -0.15) is 0 Å². The number of alkyl carbamates (subject to hydrolysis) is 1. The SMILES string of the molecule is COC(=O)C1=C(CC(=O)N2CCC(NC(=O)C(C)(C)NC(=O)OC(C)(C)C)CC2)NC(C[S@](=O)c2ccccc2)=C(C(=O)OC)[C@H]1c1c(Cl)cccc1Cl. The predicted octanol–water partition coefficient (Wildman–Crippen LogP) is 5.14. The molecule has 4 rings (SSSR count). The zero-order chi connectivity index (χ0) is 40.0. The van der Waals surface area contributed by atoms with Gasteiger partial charge in [-0.25, -0.2) is 14.4 Å². The third kappa shape index (κ3) is 10.4. The number of carbonyl (C=O) groups excluding carboxylic acids is 5. The second-order valence-corrected chi connectivity index (χ2v) is 16.6. The molecule has 54 heavy (non-hydrogen) atoms. The number of esters is 2. The van der Waals surface area contributed by atoms with E-state index in [0.29, 0.717) is 17.7 Å². The minimum Gasteiger partial charge on any atom is -0.466 e. The summed E-state index contributed by atoms with van der Waals surface area (Å²) in [7, 11) is 0.675. The Kier molecular flexibility index (Phi) is 14.0. The molecule has 0 bridgehead atoms. The van der Waals surface area contributed by atoms with Crippen molar-refractivity contribution in [2.24, 2.45) is 0 Å². The molecule has 2 atom stereocenters. The Balaban J connectivity index is 1.62. The van der Waals surface area contributed by atoms with Crippen LogP contribution >= 0.6 is 23.2 Å². The Labute approximate surface area is 327 Å². The van der Waals surface area contributed by atoms with Gasteiger partial charge in [0.1, 0.15) is 11.1 Å². The minimum absolute atomic E-state index is 0.0611. The molecular formula is C38H46Cl2N4O9S. The van der Waals surface area contributed by atoms with E-state index in [1.54, 1.807) is 88.0 Å². The van der Waals surface area contributed by atoms with Crippen LogP contribution in [0, 0.1) is 0 Å². The zero-order valence-electron chi connectivity index (χ0n) is 31.3. The van der Waals surface area contributed by atoms with Gasteiger partial charge in [-0.05, 0) is 71.7 Å². The number of likely N-dealkylation sites (tertiary alicyclic amines) is 1. The minimum atomic E-state index is -1.67. The van der Waals surface area contributed by atoms with Gasteiger partial charge in [-0.15, -0.1) is 0 Å². The van der Waals surface area contributed by atoms with E-state index in [4.69, 9.17) is 37.4 Å². The molecule has 2 heterocycles. The van der Waals surface area contributed by atoms with Crippen LogP contribution < -0.4 is 16.0 Å². The van der Waals surface area contributed by atoms with Crippen LogP contribution in [0.1, 0.15) is 65.4 Å². The number of amides is 3. The van der Waals surface area contributed by atoms with Crippen LogP contribution in [-0.4, -0.2) is 89.2 Å². The van der Waals surface area contributed by atoms with Gasteiger partial charge in [0.15, 0.2) is 0 Å². The summed E-state index contributed by atoms with van der Waals surface area (Å²) in [6.07, 6.45) is -0.214. The van der Waals surface area contributed by atoms with E-state index in [-0.39, 0.29) is 75.4 Å². The second-order valence-electron chi connectivity index (χ2n) is 14.3. The molecule has 0 spiro atoms. The summed E-state index contributed by atoms with van der Waals surface area (Å²) in [6.45, 7) is 8.87. The first kappa shape index (κ1) is 42.3. The fourth-order valence-corrected chi connectivity index (χ4v) is 7.88. The van der Waals surface area contributed by atoms with Gasteiger partial charge >= 0.3 is 18.0 Å². The number of hydrogen-bond acceptors (Lipinski definition) is 10. The number of hydrogen-bond donors (Lipinski definition) is 3.